The Hall–Kier alpha value is -1.72. The Morgan fingerprint density at radius 3 is 2.48 bits per heavy atom. The molecule has 0 amide bonds. The molecule has 4 rings (SSSR count). The number of likely N-dealkylation sites (tertiary alicyclic amines) is 1. The first-order valence-electron chi connectivity index (χ1n) is 9.30. The summed E-state index contributed by atoms with van der Waals surface area (Å²) < 4.78 is 6.03. The summed E-state index contributed by atoms with van der Waals surface area (Å²) >= 11 is 12.5. The predicted octanol–water partition coefficient (Wildman–Crippen LogP) is 5.40. The highest BCUT2D eigenvalue weighted by atomic mass is 35.5. The zero-order valence-electron chi connectivity index (χ0n) is 15.7. The van der Waals surface area contributed by atoms with Gasteiger partial charge in [-0.25, -0.2) is 0 Å². The standard InChI is InChI=1S/C22H21Cl2NO3.ClH/c23-18-2-1-3-19(24)16(18)6-4-15-5-7-17-20(12-15)28-14-22(17)8-10-25(11-9-22)13-21(26)27;/h1-7,12H,8-11,13-14H2,(H,26,27);1H/b6-4+;. The van der Waals surface area contributed by atoms with Gasteiger partial charge in [0.2, 0.25) is 0 Å². The molecule has 0 atom stereocenters. The van der Waals surface area contributed by atoms with E-state index in [0.717, 1.165) is 42.8 Å². The third-order valence-electron chi connectivity index (χ3n) is 5.70. The van der Waals surface area contributed by atoms with Gasteiger partial charge in [0, 0.05) is 26.6 Å². The summed E-state index contributed by atoms with van der Waals surface area (Å²) in [5, 5.41) is 10.2. The molecule has 29 heavy (non-hydrogen) atoms. The molecule has 154 valence electrons. The molecule has 0 aromatic heterocycles. The summed E-state index contributed by atoms with van der Waals surface area (Å²) in [5.41, 5.74) is 3.05. The van der Waals surface area contributed by atoms with Crippen molar-refractivity contribution >= 4 is 53.7 Å². The summed E-state index contributed by atoms with van der Waals surface area (Å²) in [7, 11) is 0. The highest BCUT2D eigenvalue weighted by Crippen LogP contribution is 2.46. The van der Waals surface area contributed by atoms with Crippen molar-refractivity contribution < 1.29 is 14.6 Å². The number of fused-ring (bicyclic) bond motifs is 2. The first kappa shape index (κ1) is 22.0. The van der Waals surface area contributed by atoms with Crippen LogP contribution in [0.5, 0.6) is 5.75 Å². The quantitative estimate of drug-likeness (QED) is 0.629. The maximum atomic E-state index is 10.9. The lowest BCUT2D eigenvalue weighted by Crippen LogP contribution is -2.45. The smallest absolute Gasteiger partial charge is 0.317 e. The highest BCUT2D eigenvalue weighted by molar-refractivity contribution is 6.37. The normalized spacial score (nSPS) is 17.7. The molecule has 0 aliphatic carbocycles. The maximum absolute atomic E-state index is 10.9. The Bertz CT molecular complexity index is 917. The molecule has 2 aromatic rings. The van der Waals surface area contributed by atoms with Crippen molar-refractivity contribution in [3.05, 3.63) is 63.1 Å². The van der Waals surface area contributed by atoms with E-state index < -0.39 is 5.97 Å². The van der Waals surface area contributed by atoms with Gasteiger partial charge < -0.3 is 9.84 Å². The predicted molar refractivity (Wildman–Crippen MR) is 120 cm³/mol. The van der Waals surface area contributed by atoms with Crippen molar-refractivity contribution in [3.63, 3.8) is 0 Å². The number of nitrogens with zero attached hydrogens (tertiary/aromatic N) is 1. The Labute approximate surface area is 186 Å². The molecular weight excluding hydrogens is 433 g/mol. The van der Waals surface area contributed by atoms with Crippen LogP contribution in [0.3, 0.4) is 0 Å². The van der Waals surface area contributed by atoms with Crippen molar-refractivity contribution in [3.8, 4) is 5.75 Å². The highest BCUT2D eigenvalue weighted by Gasteiger charge is 2.43. The molecule has 2 aliphatic heterocycles. The van der Waals surface area contributed by atoms with Crippen LogP contribution < -0.4 is 4.74 Å². The third kappa shape index (κ3) is 4.56. The Morgan fingerprint density at radius 2 is 1.83 bits per heavy atom. The Morgan fingerprint density at radius 1 is 1.14 bits per heavy atom. The summed E-state index contributed by atoms with van der Waals surface area (Å²) in [5.74, 6) is 0.146. The molecule has 1 saturated heterocycles. The van der Waals surface area contributed by atoms with Crippen LogP contribution >= 0.6 is 35.6 Å². The minimum absolute atomic E-state index is 0. The van der Waals surface area contributed by atoms with Gasteiger partial charge in [-0.2, -0.15) is 0 Å². The third-order valence-corrected chi connectivity index (χ3v) is 6.35. The number of carbonyl (C=O) groups is 1. The van der Waals surface area contributed by atoms with E-state index in [9.17, 15) is 4.79 Å². The molecule has 0 saturated carbocycles. The molecule has 1 fully saturated rings. The molecule has 2 aromatic carbocycles. The van der Waals surface area contributed by atoms with Crippen molar-refractivity contribution in [2.45, 2.75) is 18.3 Å². The van der Waals surface area contributed by atoms with Crippen LogP contribution in [-0.2, 0) is 10.2 Å². The molecule has 7 heteroatoms. The second-order valence-electron chi connectivity index (χ2n) is 7.46. The van der Waals surface area contributed by atoms with Gasteiger partial charge in [0.1, 0.15) is 5.75 Å². The second-order valence-corrected chi connectivity index (χ2v) is 8.28. The summed E-state index contributed by atoms with van der Waals surface area (Å²) in [6, 6.07) is 11.7. The first-order chi connectivity index (χ1) is 13.5. The van der Waals surface area contributed by atoms with Crippen LogP contribution in [-0.4, -0.2) is 42.2 Å². The summed E-state index contributed by atoms with van der Waals surface area (Å²) in [6.07, 6.45) is 5.73. The van der Waals surface area contributed by atoms with E-state index in [1.807, 2.05) is 35.3 Å². The number of halogens is 3. The lowest BCUT2D eigenvalue weighted by Gasteiger charge is -2.37. The number of benzene rings is 2. The minimum Gasteiger partial charge on any atom is -0.492 e. The lowest BCUT2D eigenvalue weighted by atomic mass is 9.74. The van der Waals surface area contributed by atoms with Crippen molar-refractivity contribution in [2.24, 2.45) is 0 Å². The number of carboxylic acids is 1. The van der Waals surface area contributed by atoms with Crippen molar-refractivity contribution in [1.29, 1.82) is 0 Å². The van der Waals surface area contributed by atoms with Crippen LogP contribution in [0, 0.1) is 0 Å². The van der Waals surface area contributed by atoms with Gasteiger partial charge >= 0.3 is 5.97 Å². The fraction of sp³-hybridized carbons (Fsp3) is 0.318. The van der Waals surface area contributed by atoms with E-state index in [0.29, 0.717) is 16.7 Å². The molecule has 1 N–H and O–H groups in total. The number of hydrogen-bond acceptors (Lipinski definition) is 3. The SMILES string of the molecule is Cl.O=C(O)CN1CCC2(CC1)COc1cc(/C=C/c3c(Cl)cccc3Cl)ccc12. The average Bonchev–Trinajstić information content (AvgIpc) is 3.01. The van der Waals surface area contributed by atoms with Gasteiger partial charge in [-0.1, -0.05) is 53.6 Å². The van der Waals surface area contributed by atoms with E-state index in [1.165, 1.54) is 5.56 Å². The molecule has 4 nitrogen and oxygen atoms in total. The van der Waals surface area contributed by atoms with Crippen LogP contribution in [0.15, 0.2) is 36.4 Å². The van der Waals surface area contributed by atoms with Gasteiger partial charge in [0.05, 0.1) is 13.2 Å². The van der Waals surface area contributed by atoms with Gasteiger partial charge in [0.15, 0.2) is 0 Å². The average molecular weight is 455 g/mol. The maximum Gasteiger partial charge on any atom is 0.317 e. The zero-order valence-corrected chi connectivity index (χ0v) is 18.1. The molecule has 2 aliphatic rings. The van der Waals surface area contributed by atoms with E-state index in [4.69, 9.17) is 33.0 Å². The van der Waals surface area contributed by atoms with Crippen LogP contribution in [0.2, 0.25) is 10.0 Å². The van der Waals surface area contributed by atoms with Crippen molar-refractivity contribution in [2.75, 3.05) is 26.2 Å². The van der Waals surface area contributed by atoms with Crippen molar-refractivity contribution in [1.82, 2.24) is 4.90 Å². The summed E-state index contributed by atoms with van der Waals surface area (Å²) in [4.78, 5) is 12.9. The fourth-order valence-corrected chi connectivity index (χ4v) is 4.61. The van der Waals surface area contributed by atoms with E-state index in [2.05, 4.69) is 18.2 Å². The van der Waals surface area contributed by atoms with Crippen LogP contribution in [0.1, 0.15) is 29.5 Å². The zero-order chi connectivity index (χ0) is 19.7. The van der Waals surface area contributed by atoms with E-state index >= 15 is 0 Å². The molecule has 2 heterocycles. The van der Waals surface area contributed by atoms with Gasteiger partial charge in [-0.15, -0.1) is 12.4 Å². The minimum atomic E-state index is -0.769. The number of rotatable bonds is 4. The van der Waals surface area contributed by atoms with E-state index in [-0.39, 0.29) is 24.4 Å². The molecule has 1 spiro atoms. The molecule has 0 unspecified atom stereocenters. The molecular formula is C22H22Cl3NO3. The number of ether oxygens (including phenoxy) is 1. The topological polar surface area (TPSA) is 49.8 Å². The largest absolute Gasteiger partial charge is 0.492 e. The molecule has 0 radical (unpaired) electrons. The number of carboxylic acid groups (broad SMARTS) is 1. The van der Waals surface area contributed by atoms with Crippen LogP contribution in [0.25, 0.3) is 12.2 Å². The number of piperidine rings is 1. The second kappa shape index (κ2) is 8.97. The monoisotopic (exact) mass is 453 g/mol. The fourth-order valence-electron chi connectivity index (χ4n) is 4.09. The van der Waals surface area contributed by atoms with E-state index in [1.54, 1.807) is 0 Å². The first-order valence-corrected chi connectivity index (χ1v) is 10.1. The van der Waals surface area contributed by atoms with Gasteiger partial charge in [0.25, 0.3) is 0 Å². The number of hydrogen-bond donors (Lipinski definition) is 1. The summed E-state index contributed by atoms with van der Waals surface area (Å²) in [6.45, 7) is 2.33. The Balaban J connectivity index is 0.00000240. The molecule has 0 bridgehead atoms. The van der Waals surface area contributed by atoms with Gasteiger partial charge in [-0.3, -0.25) is 9.69 Å². The number of aliphatic carboxylic acids is 1. The Kier molecular flexibility index (Phi) is 6.79. The lowest BCUT2D eigenvalue weighted by molar-refractivity contribution is -0.138. The van der Waals surface area contributed by atoms with Crippen LogP contribution in [0.4, 0.5) is 0 Å². The van der Waals surface area contributed by atoms with Gasteiger partial charge in [-0.05, 0) is 49.7 Å².